The van der Waals surface area contributed by atoms with Crippen molar-refractivity contribution >= 4 is 40.1 Å². The van der Waals surface area contributed by atoms with Gasteiger partial charge in [-0.1, -0.05) is 13.8 Å². The Morgan fingerprint density at radius 2 is 1.45 bits per heavy atom. The maximum Gasteiger partial charge on any atom is 0.339 e. The second-order valence-electron chi connectivity index (χ2n) is 8.81. The third-order valence-corrected chi connectivity index (χ3v) is 6.31. The van der Waals surface area contributed by atoms with Crippen molar-refractivity contribution in [2.75, 3.05) is 17.7 Å². The zero-order valence-corrected chi connectivity index (χ0v) is 22.2. The molecular weight excluding hydrogens is 517 g/mol. The first-order valence-electron chi connectivity index (χ1n) is 12.7. The summed E-state index contributed by atoms with van der Waals surface area (Å²) in [6, 6.07) is 16.5. The van der Waals surface area contributed by atoms with Crippen LogP contribution in [0.3, 0.4) is 0 Å². The summed E-state index contributed by atoms with van der Waals surface area (Å²) >= 11 is 0. The first-order valence-corrected chi connectivity index (χ1v) is 12.7. The Hall–Kier alpha value is -4.99. The number of nitrogens with one attached hydrogen (secondary N) is 2. The fourth-order valence-electron chi connectivity index (χ4n) is 4.02. The number of carbonyl (C=O) groups excluding carboxylic acids is 2. The van der Waals surface area contributed by atoms with E-state index in [1.165, 1.54) is 49.7 Å². The van der Waals surface area contributed by atoms with Crippen LogP contribution in [0.15, 0.2) is 72.9 Å². The molecule has 0 bridgehead atoms. The summed E-state index contributed by atoms with van der Waals surface area (Å²) in [4.78, 5) is 41.6. The van der Waals surface area contributed by atoms with Gasteiger partial charge in [0, 0.05) is 29.0 Å². The van der Waals surface area contributed by atoms with E-state index in [1.807, 2.05) is 13.8 Å². The van der Waals surface area contributed by atoms with Crippen molar-refractivity contribution in [2.45, 2.75) is 26.7 Å². The average Bonchev–Trinajstić information content (AvgIpc) is 3.78. The van der Waals surface area contributed by atoms with Gasteiger partial charge < -0.3 is 25.2 Å². The number of hydrogen-bond acceptors (Lipinski definition) is 6. The number of methoxy groups -OCH3 is 1. The zero-order valence-electron chi connectivity index (χ0n) is 22.2. The van der Waals surface area contributed by atoms with Gasteiger partial charge in [0.15, 0.2) is 0 Å². The highest BCUT2D eigenvalue weighted by Gasteiger charge is 2.56. The van der Waals surface area contributed by atoms with Crippen molar-refractivity contribution in [3.8, 4) is 17.2 Å². The smallest absolute Gasteiger partial charge is 0.339 e. The number of amides is 2. The highest BCUT2D eigenvalue weighted by molar-refractivity contribution is 6.16. The van der Waals surface area contributed by atoms with E-state index >= 15 is 0 Å². The Balaban J connectivity index is 0.00000181. The minimum Gasteiger partial charge on any atom is -0.496 e. The van der Waals surface area contributed by atoms with Gasteiger partial charge in [-0.05, 0) is 73.5 Å². The minimum atomic E-state index is -1.18. The van der Waals surface area contributed by atoms with E-state index in [0.717, 1.165) is 0 Å². The van der Waals surface area contributed by atoms with Crippen LogP contribution in [-0.4, -0.2) is 35.0 Å². The quantitative estimate of drug-likeness (QED) is 0.223. The summed E-state index contributed by atoms with van der Waals surface area (Å²) in [5.74, 6) is -1.40. The molecule has 0 atom stereocenters. The fourth-order valence-corrected chi connectivity index (χ4v) is 4.02. The number of carboxylic acid groups (broad SMARTS) is 1. The van der Waals surface area contributed by atoms with E-state index in [-0.39, 0.29) is 11.3 Å². The first kappa shape index (κ1) is 28.0. The van der Waals surface area contributed by atoms with Gasteiger partial charge in [-0.25, -0.2) is 9.18 Å². The molecule has 2 amide bonds. The SMILES string of the molecule is CC.COc1cc2nccc(Oc3ccc(NC(=O)C4(C(=O)Nc5ccc(F)cc5)CC4)cc3)c2cc1C(=O)O. The number of pyridine rings is 1. The van der Waals surface area contributed by atoms with Gasteiger partial charge in [0.1, 0.15) is 34.0 Å². The number of halogens is 1. The number of aromatic carboxylic acids is 1. The van der Waals surface area contributed by atoms with Crippen LogP contribution in [-0.2, 0) is 9.59 Å². The number of nitrogens with zero attached hydrogens (tertiary/aromatic N) is 1. The minimum absolute atomic E-state index is 0.0200. The number of aromatic nitrogens is 1. The Morgan fingerprint density at radius 3 is 1.98 bits per heavy atom. The van der Waals surface area contributed by atoms with Crippen molar-refractivity contribution < 1.29 is 33.4 Å². The Kier molecular flexibility index (Phi) is 8.28. The topological polar surface area (TPSA) is 127 Å². The van der Waals surface area contributed by atoms with Gasteiger partial charge in [0.25, 0.3) is 0 Å². The Bertz CT molecular complexity index is 1550. The molecule has 4 aromatic rings. The van der Waals surface area contributed by atoms with Gasteiger partial charge in [-0.15, -0.1) is 0 Å². The Morgan fingerprint density at radius 1 is 0.875 bits per heavy atom. The Labute approximate surface area is 230 Å². The molecule has 3 aromatic carbocycles. The molecule has 9 nitrogen and oxygen atoms in total. The third-order valence-electron chi connectivity index (χ3n) is 6.31. The number of rotatable bonds is 8. The number of ether oxygens (including phenoxy) is 2. The van der Waals surface area contributed by atoms with Crippen molar-refractivity contribution in [1.82, 2.24) is 4.98 Å². The molecule has 0 aliphatic heterocycles. The molecule has 0 unspecified atom stereocenters. The second-order valence-corrected chi connectivity index (χ2v) is 8.81. The van der Waals surface area contributed by atoms with Crippen molar-refractivity contribution in [3.05, 3.63) is 84.3 Å². The number of hydrogen-bond donors (Lipinski definition) is 3. The summed E-state index contributed by atoms with van der Waals surface area (Å²) in [6.07, 6.45) is 2.36. The van der Waals surface area contributed by atoms with E-state index in [4.69, 9.17) is 9.47 Å². The van der Waals surface area contributed by atoms with Crippen LogP contribution in [0.25, 0.3) is 10.9 Å². The molecule has 40 heavy (non-hydrogen) atoms. The number of fused-ring (bicyclic) bond motifs is 1. The van der Waals surface area contributed by atoms with Gasteiger partial charge >= 0.3 is 5.97 Å². The number of carbonyl (C=O) groups is 3. The van der Waals surface area contributed by atoms with E-state index in [2.05, 4.69) is 15.6 Å². The van der Waals surface area contributed by atoms with Crippen LogP contribution < -0.4 is 20.1 Å². The highest BCUT2D eigenvalue weighted by atomic mass is 19.1. The van der Waals surface area contributed by atoms with Crippen LogP contribution in [0.5, 0.6) is 17.2 Å². The summed E-state index contributed by atoms with van der Waals surface area (Å²) in [6.45, 7) is 4.00. The lowest BCUT2D eigenvalue weighted by Gasteiger charge is -2.16. The van der Waals surface area contributed by atoms with Crippen LogP contribution >= 0.6 is 0 Å². The normalized spacial score (nSPS) is 12.9. The van der Waals surface area contributed by atoms with Crippen molar-refractivity contribution in [1.29, 1.82) is 0 Å². The monoisotopic (exact) mass is 545 g/mol. The van der Waals surface area contributed by atoms with Crippen LogP contribution in [0, 0.1) is 11.2 Å². The van der Waals surface area contributed by atoms with Gasteiger partial charge in [0.05, 0.1) is 12.6 Å². The molecule has 5 rings (SSSR count). The number of carboxylic acids is 1. The summed E-state index contributed by atoms with van der Waals surface area (Å²) in [7, 11) is 1.39. The molecule has 1 heterocycles. The molecular formula is C30H28FN3O6. The predicted octanol–water partition coefficient (Wildman–Crippen LogP) is 6.26. The van der Waals surface area contributed by atoms with E-state index in [9.17, 15) is 23.9 Å². The highest BCUT2D eigenvalue weighted by Crippen LogP contribution is 2.47. The molecule has 1 saturated carbocycles. The zero-order chi connectivity index (χ0) is 28.9. The molecule has 0 spiro atoms. The molecule has 1 aromatic heterocycles. The number of benzene rings is 3. The molecule has 1 aliphatic carbocycles. The van der Waals surface area contributed by atoms with Gasteiger partial charge in [-0.2, -0.15) is 0 Å². The lowest BCUT2D eigenvalue weighted by Crippen LogP contribution is -2.35. The second kappa shape index (κ2) is 11.8. The van der Waals surface area contributed by atoms with Crippen LogP contribution in [0.4, 0.5) is 15.8 Å². The lowest BCUT2D eigenvalue weighted by molar-refractivity contribution is -0.131. The summed E-state index contributed by atoms with van der Waals surface area (Å²) in [5.41, 5.74) is 0.188. The van der Waals surface area contributed by atoms with Crippen LogP contribution in [0.2, 0.25) is 0 Å². The maximum absolute atomic E-state index is 13.1. The summed E-state index contributed by atoms with van der Waals surface area (Å²) < 4.78 is 24.3. The first-order chi connectivity index (χ1) is 19.3. The van der Waals surface area contributed by atoms with Crippen molar-refractivity contribution in [2.24, 2.45) is 5.41 Å². The molecule has 10 heteroatoms. The van der Waals surface area contributed by atoms with E-state index < -0.39 is 29.0 Å². The third kappa shape index (κ3) is 5.85. The summed E-state index contributed by atoms with van der Waals surface area (Å²) in [5, 5.41) is 15.4. The maximum atomic E-state index is 13.1. The fraction of sp³-hybridized carbons (Fsp3) is 0.200. The van der Waals surface area contributed by atoms with Gasteiger partial charge in [0.2, 0.25) is 11.8 Å². The predicted molar refractivity (Wildman–Crippen MR) is 148 cm³/mol. The van der Waals surface area contributed by atoms with Crippen LogP contribution in [0.1, 0.15) is 37.0 Å². The van der Waals surface area contributed by atoms with Crippen molar-refractivity contribution in [3.63, 3.8) is 0 Å². The largest absolute Gasteiger partial charge is 0.496 e. The molecule has 0 radical (unpaired) electrons. The lowest BCUT2D eigenvalue weighted by atomic mass is 10.0. The standard InChI is InChI=1S/C28H22FN3O6.C2H6/c1-37-24-15-22-20(14-21(24)25(33)34)23(10-13-30-22)38-19-8-6-18(7-9-19)32-27(36)28(11-12-28)26(35)31-17-4-2-16(29)3-5-17;1-2/h2-10,13-15H,11-12H2,1H3,(H,31,35)(H,32,36)(H,33,34);1-2H3. The molecule has 1 fully saturated rings. The molecule has 0 saturated heterocycles. The van der Waals surface area contributed by atoms with E-state index in [1.54, 1.807) is 30.3 Å². The average molecular weight is 546 g/mol. The molecule has 206 valence electrons. The van der Waals surface area contributed by atoms with E-state index in [0.29, 0.717) is 46.6 Å². The molecule has 3 N–H and O–H groups in total. The van der Waals surface area contributed by atoms with Gasteiger partial charge in [-0.3, -0.25) is 14.6 Å². The molecule has 1 aliphatic rings. The number of anilines is 2.